The number of carboxylic acid groups (broad SMARTS) is 1. The lowest BCUT2D eigenvalue weighted by molar-refractivity contribution is -0.310. The number of allylic oxidation sites excluding steroid dienone is 12. The van der Waals surface area contributed by atoms with Gasteiger partial charge in [-0.1, -0.05) is 98.9 Å². The van der Waals surface area contributed by atoms with E-state index in [1.54, 1.807) is 86.8 Å². The van der Waals surface area contributed by atoms with Crippen molar-refractivity contribution in [1.82, 2.24) is 0 Å². The van der Waals surface area contributed by atoms with Gasteiger partial charge in [-0.2, -0.15) is 0 Å². The molecule has 12 N–H and O–H groups in total. The molecule has 3 aliphatic heterocycles. The van der Waals surface area contributed by atoms with Gasteiger partial charge in [0.2, 0.25) is 0 Å². The molecule has 3 rings (SSSR count). The number of aliphatic carboxylic acids is 1. The fourth-order valence-corrected chi connectivity index (χ4v) is 7.82. The average molecular weight is 922 g/mol. The summed E-state index contributed by atoms with van der Waals surface area (Å²) in [7, 11) is 0. The molecular weight excluding hydrogens is 851 g/mol. The van der Waals surface area contributed by atoms with Gasteiger partial charge in [-0.3, -0.25) is 14.4 Å². The summed E-state index contributed by atoms with van der Waals surface area (Å²) in [5, 5.41) is 107. The molecule has 0 aliphatic carbocycles. The van der Waals surface area contributed by atoms with Gasteiger partial charge in [0.1, 0.15) is 23.9 Å². The minimum Gasteiger partial charge on any atom is -0.481 e. The van der Waals surface area contributed by atoms with E-state index in [-0.39, 0.29) is 31.6 Å². The number of carbonyl (C=O) groups excluding carboxylic acids is 2. The van der Waals surface area contributed by atoms with Crippen LogP contribution in [-0.2, 0) is 33.3 Å². The van der Waals surface area contributed by atoms with E-state index < -0.39 is 147 Å². The number of hydrogen-bond donors (Lipinski definition) is 11. The van der Waals surface area contributed by atoms with Gasteiger partial charge in [0.15, 0.2) is 12.1 Å². The number of aliphatic hydroxyl groups excluding tert-OH is 8. The number of hydrogen-bond acceptors (Lipinski definition) is 17. The molecule has 0 aromatic carbocycles. The Morgan fingerprint density at radius 3 is 1.82 bits per heavy atom. The van der Waals surface area contributed by atoms with Crippen molar-refractivity contribution >= 4 is 17.7 Å². The van der Waals surface area contributed by atoms with Gasteiger partial charge in [-0.05, 0) is 20.3 Å². The third kappa shape index (κ3) is 18.5. The summed E-state index contributed by atoms with van der Waals surface area (Å²) in [6.45, 7) is 6.70. The van der Waals surface area contributed by atoms with E-state index >= 15 is 0 Å². The minimum atomic E-state index is -2.38. The van der Waals surface area contributed by atoms with Gasteiger partial charge >= 0.3 is 11.9 Å². The summed E-state index contributed by atoms with van der Waals surface area (Å²) >= 11 is 0. The Kier molecular flexibility index (Phi) is 23.2. The lowest BCUT2D eigenvalue weighted by Gasteiger charge is -2.45. The van der Waals surface area contributed by atoms with Gasteiger partial charge in [0.05, 0.1) is 73.5 Å². The molecule has 0 radical (unpaired) electrons. The molecule has 65 heavy (non-hydrogen) atoms. The zero-order valence-electron chi connectivity index (χ0n) is 37.5. The lowest BCUT2D eigenvalue weighted by Crippen LogP contribution is -2.61. The van der Waals surface area contributed by atoms with Crippen molar-refractivity contribution < 1.29 is 84.4 Å². The maximum Gasteiger partial charge on any atom is 0.311 e. The number of carbonyl (C=O) groups is 3. The fraction of sp³-hybridized carbons (Fsp3) is 0.638. The molecule has 2 fully saturated rings. The Morgan fingerprint density at radius 2 is 1.23 bits per heavy atom. The largest absolute Gasteiger partial charge is 0.481 e. The van der Waals surface area contributed by atoms with Gasteiger partial charge in [-0.25, -0.2) is 0 Å². The number of esters is 1. The highest BCUT2D eigenvalue weighted by molar-refractivity contribution is 5.78. The van der Waals surface area contributed by atoms with Crippen molar-refractivity contribution in [1.29, 1.82) is 0 Å². The molecule has 3 aliphatic rings. The molecule has 3 heterocycles. The number of rotatable bonds is 3. The number of nitrogens with two attached hydrogens (primary N) is 1. The first kappa shape index (κ1) is 55.6. The van der Waals surface area contributed by atoms with E-state index in [0.29, 0.717) is 0 Å². The maximum atomic E-state index is 12.7. The zero-order valence-corrected chi connectivity index (χ0v) is 37.5. The van der Waals surface area contributed by atoms with E-state index in [1.807, 2.05) is 13.0 Å². The van der Waals surface area contributed by atoms with Crippen LogP contribution in [0.25, 0.3) is 0 Å². The van der Waals surface area contributed by atoms with Crippen LogP contribution in [0.1, 0.15) is 79.1 Å². The van der Waals surface area contributed by atoms with Gasteiger partial charge in [-0.15, -0.1) is 0 Å². The monoisotopic (exact) mass is 921 g/mol. The van der Waals surface area contributed by atoms with Crippen LogP contribution < -0.4 is 5.73 Å². The average Bonchev–Trinajstić information content (AvgIpc) is 3.21. The van der Waals surface area contributed by atoms with Crippen LogP contribution in [-0.4, -0.2) is 160 Å². The summed E-state index contributed by atoms with van der Waals surface area (Å²) in [6.07, 6.45) is 3.67. The van der Waals surface area contributed by atoms with Crippen LogP contribution in [0.3, 0.4) is 0 Å². The molecule has 18 atom stereocenters. The summed E-state index contributed by atoms with van der Waals surface area (Å²) in [5.41, 5.74) is 6.01. The van der Waals surface area contributed by atoms with Gasteiger partial charge in [0, 0.05) is 50.4 Å². The molecule has 0 aromatic rings. The third-order valence-corrected chi connectivity index (χ3v) is 11.9. The van der Waals surface area contributed by atoms with E-state index in [4.69, 9.17) is 24.7 Å². The highest BCUT2D eigenvalue weighted by Gasteiger charge is 2.51. The van der Waals surface area contributed by atoms with Gasteiger partial charge in [0.25, 0.3) is 0 Å². The second-order valence-electron chi connectivity index (χ2n) is 17.4. The lowest BCUT2D eigenvalue weighted by atomic mass is 9.82. The van der Waals surface area contributed by atoms with Crippen LogP contribution in [0, 0.1) is 17.8 Å². The maximum absolute atomic E-state index is 12.7. The molecule has 366 valence electrons. The van der Waals surface area contributed by atoms with Crippen LogP contribution in [0.5, 0.6) is 0 Å². The number of Topliss-reactive ketones (excluding diaryl/α,β-unsaturated/α-hetero) is 1. The Hall–Kier alpha value is -3.73. The minimum absolute atomic E-state index is 0.291. The Labute approximate surface area is 380 Å². The second-order valence-corrected chi connectivity index (χ2v) is 17.4. The molecule has 5 unspecified atom stereocenters. The number of aliphatic hydroxyl groups is 9. The standard InChI is InChI=1S/C47H71NO17/c1-27-17-15-13-11-9-7-5-6-8-10-12-14-16-18-34(64-46-44(58)41(48)43(57)30(4)63-46)24-38-40(45(59)60)37(54)26-47(61,65-38)25-36(53)35(52)20-19-31(49)21-32(50)22-33(51)23-39(55)62-29(3)28(2)42(27)56/h5-18,27-30,32-38,40-44,46,50-54,56-58,61H,19-26,48H2,1-4H3,(H,59,60)/b6-5+,9-7+,10-8+,13-11+,14-12+,17-15+,18-16+/t27-,28-,29-,30?,32+,33+,34-,35+,36+,37-,38-,40+,41?,42+,43?,44?,46?,47+/m0/s1. The Bertz CT molecular complexity index is 1710. The molecule has 2 bridgehead atoms. The number of fused-ring (bicyclic) bond motifs is 2. The smallest absolute Gasteiger partial charge is 0.311 e. The first-order valence-electron chi connectivity index (χ1n) is 22.2. The fourth-order valence-electron chi connectivity index (χ4n) is 7.82. The van der Waals surface area contributed by atoms with Crippen LogP contribution in [0.4, 0.5) is 0 Å². The van der Waals surface area contributed by atoms with Crippen molar-refractivity contribution in [2.75, 3.05) is 0 Å². The van der Waals surface area contributed by atoms with E-state index in [2.05, 4.69) is 0 Å². The molecule has 18 nitrogen and oxygen atoms in total. The predicted octanol–water partition coefficient (Wildman–Crippen LogP) is 0.920. The van der Waals surface area contributed by atoms with Crippen LogP contribution >= 0.6 is 0 Å². The van der Waals surface area contributed by atoms with Crippen molar-refractivity contribution in [3.63, 3.8) is 0 Å². The normalized spacial score (nSPS) is 44.4. The predicted molar refractivity (Wildman–Crippen MR) is 236 cm³/mol. The van der Waals surface area contributed by atoms with Crippen molar-refractivity contribution in [3.05, 3.63) is 85.1 Å². The number of ketones is 1. The molecule has 18 heteroatoms. The summed E-state index contributed by atoms with van der Waals surface area (Å²) in [4.78, 5) is 37.8. The molecule has 0 saturated carbocycles. The summed E-state index contributed by atoms with van der Waals surface area (Å²) < 4.78 is 23.1. The SMILES string of the molecule is CC1OC(O[C@H]2/C=C/C=C/C=C/C=C/C=C/C=C/C=C/[C@H](C)[C@@H](O)[C@@H](C)[C@H](C)OC(=O)C[C@H](O)C[C@H](O)CC(=O)CC[C@@H](O)[C@H](O)C[C@]3(O)C[C@H](O)[C@@H](C(=O)O)[C@H](C2)O3)C(O)C(N)C1O. The first-order valence-corrected chi connectivity index (χ1v) is 22.2. The highest BCUT2D eigenvalue weighted by Crippen LogP contribution is 2.38. The van der Waals surface area contributed by atoms with E-state index in [1.165, 1.54) is 13.0 Å². The molecule has 2 saturated heterocycles. The molecular formula is C47H71NO17. The summed E-state index contributed by atoms with van der Waals surface area (Å²) in [5.74, 6) is -7.51. The first-order chi connectivity index (χ1) is 30.6. The number of cyclic esters (lactones) is 1. The third-order valence-electron chi connectivity index (χ3n) is 11.9. The zero-order chi connectivity index (χ0) is 48.4. The van der Waals surface area contributed by atoms with Crippen LogP contribution in [0.15, 0.2) is 85.1 Å². The molecule has 0 spiro atoms. The topological polar surface area (TPSA) is 316 Å². The molecule has 0 amide bonds. The second kappa shape index (κ2) is 27.2. The van der Waals surface area contributed by atoms with Crippen molar-refractivity contribution in [2.45, 2.75) is 170 Å². The van der Waals surface area contributed by atoms with E-state index in [0.717, 1.165) is 0 Å². The van der Waals surface area contributed by atoms with Crippen molar-refractivity contribution in [2.24, 2.45) is 23.5 Å². The highest BCUT2D eigenvalue weighted by atomic mass is 16.7. The Morgan fingerprint density at radius 1 is 0.692 bits per heavy atom. The summed E-state index contributed by atoms with van der Waals surface area (Å²) in [6, 6.07) is -1.15. The van der Waals surface area contributed by atoms with E-state index in [9.17, 15) is 65.4 Å². The Balaban J connectivity index is 1.86. The van der Waals surface area contributed by atoms with Crippen molar-refractivity contribution in [3.8, 4) is 0 Å². The van der Waals surface area contributed by atoms with Crippen LogP contribution in [0.2, 0.25) is 0 Å². The quantitative estimate of drug-likeness (QED) is 0.175. The number of ether oxygens (including phenoxy) is 4. The van der Waals surface area contributed by atoms with Gasteiger partial charge < -0.3 is 75.7 Å². The molecule has 0 aromatic heterocycles. The number of carboxylic acids is 1.